The predicted molar refractivity (Wildman–Crippen MR) is 117 cm³/mol. The van der Waals surface area contributed by atoms with Crippen molar-refractivity contribution < 1.29 is 17.6 Å². The summed E-state index contributed by atoms with van der Waals surface area (Å²) in [6, 6.07) is 7.59. The Morgan fingerprint density at radius 3 is 2.47 bits per heavy atom. The second kappa shape index (κ2) is 8.83. The lowest BCUT2D eigenvalue weighted by molar-refractivity contribution is 0.102. The molecule has 10 nitrogen and oxygen atoms in total. The first-order valence-electron chi connectivity index (χ1n) is 10.5. The quantitative estimate of drug-likeness (QED) is 0.602. The number of nitrogens with zero attached hydrogens (tertiary/aromatic N) is 5. The Morgan fingerprint density at radius 1 is 1.16 bits per heavy atom. The molecule has 170 valence electrons. The number of carbonyl (C=O) groups excluding carboxylic acids is 1. The first-order valence-corrected chi connectivity index (χ1v) is 11.9. The zero-order chi connectivity index (χ0) is 22.9. The van der Waals surface area contributed by atoms with Crippen LogP contribution in [0.1, 0.15) is 48.2 Å². The second-order valence-corrected chi connectivity index (χ2v) is 10.00. The van der Waals surface area contributed by atoms with Crippen molar-refractivity contribution in [2.24, 2.45) is 7.05 Å². The van der Waals surface area contributed by atoms with E-state index in [9.17, 15) is 13.2 Å². The van der Waals surface area contributed by atoms with Gasteiger partial charge in [0.15, 0.2) is 0 Å². The molecular weight excluding hydrogens is 432 g/mol. The van der Waals surface area contributed by atoms with E-state index in [1.54, 1.807) is 24.8 Å². The van der Waals surface area contributed by atoms with Gasteiger partial charge in [0.05, 0.1) is 10.6 Å². The number of hydrogen-bond donors (Lipinski definition) is 1. The standard InChI is InChI=1S/C21H26N6O4S/c1-14-13-18(26(2)25-14)20-23-24-21(31-20)22-19(28)15-9-11-17(12-10-15)32(29,30)27(3)16-7-5-4-6-8-16/h9-13,16H,4-8H2,1-3H3,(H,22,24,28). The number of nitrogens with one attached hydrogen (secondary N) is 1. The summed E-state index contributed by atoms with van der Waals surface area (Å²) >= 11 is 0. The molecule has 0 unspecified atom stereocenters. The van der Waals surface area contributed by atoms with Gasteiger partial charge in [0.25, 0.3) is 11.8 Å². The lowest BCUT2D eigenvalue weighted by Crippen LogP contribution is -2.38. The van der Waals surface area contributed by atoms with Crippen molar-refractivity contribution in [3.63, 3.8) is 0 Å². The van der Waals surface area contributed by atoms with Gasteiger partial charge in [0.2, 0.25) is 10.0 Å². The van der Waals surface area contributed by atoms with E-state index < -0.39 is 15.9 Å². The first-order chi connectivity index (χ1) is 15.3. The maximum atomic E-state index is 13.0. The molecule has 1 amide bonds. The van der Waals surface area contributed by atoms with Crippen molar-refractivity contribution in [3.8, 4) is 11.6 Å². The highest BCUT2D eigenvalue weighted by atomic mass is 32.2. The fourth-order valence-electron chi connectivity index (χ4n) is 3.94. The summed E-state index contributed by atoms with van der Waals surface area (Å²) in [7, 11) is -0.233. The molecule has 1 aliphatic rings. The largest absolute Gasteiger partial charge is 0.401 e. The molecule has 0 aliphatic heterocycles. The molecule has 0 atom stereocenters. The number of benzene rings is 1. The lowest BCUT2D eigenvalue weighted by Gasteiger charge is -2.30. The summed E-state index contributed by atoms with van der Waals surface area (Å²) in [5.74, 6) is -0.249. The van der Waals surface area contributed by atoms with Crippen LogP contribution in [-0.2, 0) is 17.1 Å². The number of aryl methyl sites for hydroxylation is 2. The molecule has 0 radical (unpaired) electrons. The molecular formula is C21H26N6O4S. The molecule has 0 saturated heterocycles. The first kappa shape index (κ1) is 22.2. The van der Waals surface area contributed by atoms with Gasteiger partial charge in [-0.1, -0.05) is 24.4 Å². The van der Waals surface area contributed by atoms with Crippen molar-refractivity contribution in [1.82, 2.24) is 24.3 Å². The van der Waals surface area contributed by atoms with E-state index >= 15 is 0 Å². The second-order valence-electron chi connectivity index (χ2n) is 8.00. The van der Waals surface area contributed by atoms with E-state index in [4.69, 9.17) is 4.42 Å². The van der Waals surface area contributed by atoms with Crippen LogP contribution in [0.5, 0.6) is 0 Å². The van der Waals surface area contributed by atoms with Crippen molar-refractivity contribution in [1.29, 1.82) is 0 Å². The third-order valence-electron chi connectivity index (χ3n) is 5.75. The molecule has 1 saturated carbocycles. The van der Waals surface area contributed by atoms with Gasteiger partial charge in [0, 0.05) is 25.7 Å². The van der Waals surface area contributed by atoms with E-state index in [-0.39, 0.29) is 28.4 Å². The molecule has 2 aromatic heterocycles. The van der Waals surface area contributed by atoms with E-state index in [0.717, 1.165) is 37.8 Å². The Bertz CT molecular complexity index is 1210. The molecule has 4 rings (SSSR count). The summed E-state index contributed by atoms with van der Waals surface area (Å²) in [5.41, 5.74) is 1.71. The van der Waals surface area contributed by atoms with Crippen molar-refractivity contribution in [3.05, 3.63) is 41.6 Å². The molecule has 0 bridgehead atoms. The zero-order valence-electron chi connectivity index (χ0n) is 18.3. The highest BCUT2D eigenvalue weighted by Gasteiger charge is 2.29. The van der Waals surface area contributed by atoms with Crippen LogP contribution in [-0.4, -0.2) is 51.7 Å². The van der Waals surface area contributed by atoms with Gasteiger partial charge in [-0.3, -0.25) is 14.8 Å². The molecule has 1 fully saturated rings. The average Bonchev–Trinajstić information content (AvgIpc) is 3.39. The fraction of sp³-hybridized carbons (Fsp3) is 0.429. The third kappa shape index (κ3) is 4.44. The lowest BCUT2D eigenvalue weighted by atomic mass is 9.96. The van der Waals surface area contributed by atoms with Crippen molar-refractivity contribution in [2.45, 2.75) is 50.0 Å². The molecule has 1 aromatic carbocycles. The molecule has 2 heterocycles. The number of amides is 1. The van der Waals surface area contributed by atoms with Crippen molar-refractivity contribution >= 4 is 21.9 Å². The van der Waals surface area contributed by atoms with Crippen LogP contribution >= 0.6 is 0 Å². The van der Waals surface area contributed by atoms with Crippen LogP contribution in [0.4, 0.5) is 6.01 Å². The molecule has 1 N–H and O–H groups in total. The Balaban J connectivity index is 1.45. The molecule has 32 heavy (non-hydrogen) atoms. The van der Waals surface area contributed by atoms with Gasteiger partial charge < -0.3 is 4.42 Å². The fourth-order valence-corrected chi connectivity index (χ4v) is 5.36. The van der Waals surface area contributed by atoms with E-state index in [1.165, 1.54) is 28.6 Å². The maximum absolute atomic E-state index is 13.0. The van der Waals surface area contributed by atoms with Crippen LogP contribution in [0.25, 0.3) is 11.6 Å². The number of aromatic nitrogens is 4. The van der Waals surface area contributed by atoms with Gasteiger partial charge in [-0.2, -0.15) is 9.40 Å². The molecule has 11 heteroatoms. The summed E-state index contributed by atoms with van der Waals surface area (Å²) in [4.78, 5) is 12.7. The number of rotatable bonds is 6. The number of hydrogen-bond acceptors (Lipinski definition) is 7. The van der Waals surface area contributed by atoms with Gasteiger partial charge in [0.1, 0.15) is 5.69 Å². The van der Waals surface area contributed by atoms with Crippen LogP contribution in [0, 0.1) is 6.92 Å². The van der Waals surface area contributed by atoms with Gasteiger partial charge >= 0.3 is 6.01 Å². The monoisotopic (exact) mass is 458 g/mol. The van der Waals surface area contributed by atoms with Crippen LogP contribution in [0.3, 0.4) is 0 Å². The minimum Gasteiger partial charge on any atom is -0.401 e. The van der Waals surface area contributed by atoms with Crippen LogP contribution in [0.15, 0.2) is 39.6 Å². The number of sulfonamides is 1. The topological polar surface area (TPSA) is 123 Å². The average molecular weight is 459 g/mol. The Kier molecular flexibility index (Phi) is 6.11. The number of anilines is 1. The Hall–Kier alpha value is -3.05. The summed E-state index contributed by atoms with van der Waals surface area (Å²) in [6.07, 6.45) is 4.99. The number of carbonyl (C=O) groups is 1. The summed E-state index contributed by atoms with van der Waals surface area (Å²) in [5, 5.41) is 14.6. The van der Waals surface area contributed by atoms with Crippen LogP contribution < -0.4 is 5.32 Å². The molecule has 1 aliphatic carbocycles. The van der Waals surface area contributed by atoms with Gasteiger partial charge in [-0.15, -0.1) is 5.10 Å². The van der Waals surface area contributed by atoms with Gasteiger partial charge in [-0.25, -0.2) is 8.42 Å². The SMILES string of the molecule is Cc1cc(-c2nnc(NC(=O)c3ccc(S(=O)(=O)N(C)C4CCCCC4)cc3)o2)n(C)n1. The highest BCUT2D eigenvalue weighted by Crippen LogP contribution is 2.27. The minimum absolute atomic E-state index is 0.0201. The molecule has 3 aromatic rings. The van der Waals surface area contributed by atoms with Crippen LogP contribution in [0.2, 0.25) is 0 Å². The smallest absolute Gasteiger partial charge is 0.322 e. The molecule has 0 spiro atoms. The van der Waals surface area contributed by atoms with E-state index in [2.05, 4.69) is 20.6 Å². The highest BCUT2D eigenvalue weighted by molar-refractivity contribution is 7.89. The van der Waals surface area contributed by atoms with Gasteiger partial charge in [-0.05, 0) is 50.1 Å². The van der Waals surface area contributed by atoms with E-state index in [0.29, 0.717) is 5.69 Å². The summed E-state index contributed by atoms with van der Waals surface area (Å²) < 4.78 is 34.5. The van der Waals surface area contributed by atoms with E-state index in [1.807, 2.05) is 6.92 Å². The maximum Gasteiger partial charge on any atom is 0.322 e. The predicted octanol–water partition coefficient (Wildman–Crippen LogP) is 2.98. The zero-order valence-corrected chi connectivity index (χ0v) is 19.1. The summed E-state index contributed by atoms with van der Waals surface area (Å²) in [6.45, 7) is 1.85. The Morgan fingerprint density at radius 2 is 1.84 bits per heavy atom. The third-order valence-corrected chi connectivity index (χ3v) is 7.67. The normalized spacial score (nSPS) is 15.2. The minimum atomic E-state index is -3.62. The Labute approximate surface area is 186 Å². The van der Waals surface area contributed by atoms with Crippen molar-refractivity contribution in [2.75, 3.05) is 12.4 Å².